The van der Waals surface area contributed by atoms with Gasteiger partial charge < -0.3 is 4.55 Å². The molecule has 1 heterocycles. The smallest absolute Gasteiger partial charge is 0.243 e. The van der Waals surface area contributed by atoms with Crippen LogP contribution < -0.4 is 4.57 Å². The van der Waals surface area contributed by atoms with Crippen molar-refractivity contribution in [1.82, 2.24) is 4.57 Å². The second-order valence-electron chi connectivity index (χ2n) is 4.61. The first kappa shape index (κ1) is 16.4. The van der Waals surface area contributed by atoms with E-state index < -0.39 is 10.1 Å². The summed E-state index contributed by atoms with van der Waals surface area (Å²) in [6.45, 7) is 1.09. The van der Waals surface area contributed by atoms with Crippen LogP contribution in [-0.4, -0.2) is 23.8 Å². The highest BCUT2D eigenvalue weighted by molar-refractivity contribution is 7.84. The highest BCUT2D eigenvalue weighted by Gasteiger charge is 1.99. The monoisotopic (exact) mass is 296 g/mol. The quantitative estimate of drug-likeness (QED) is 0.627. The first-order valence-corrected chi connectivity index (χ1v) is 8.12. The van der Waals surface area contributed by atoms with Gasteiger partial charge in [-0.05, 0) is 18.4 Å². The van der Waals surface area contributed by atoms with Gasteiger partial charge >= 0.3 is 0 Å². The largest absolute Gasteiger partial charge is 0.748 e. The van der Waals surface area contributed by atoms with Crippen LogP contribution in [0, 0.1) is 0 Å². The summed E-state index contributed by atoms with van der Waals surface area (Å²) in [7, 11) is -1.87. The Kier molecular flexibility index (Phi) is 6.41. The molecule has 0 aliphatic rings. The van der Waals surface area contributed by atoms with E-state index in [1.807, 2.05) is 7.05 Å². The molecule has 0 amide bonds. The molecule has 0 atom stereocenters. The second-order valence-corrected chi connectivity index (χ2v) is 6.02. The van der Waals surface area contributed by atoms with Crippen LogP contribution in [0.4, 0.5) is 0 Å². The van der Waals surface area contributed by atoms with E-state index in [2.05, 4.69) is 58.2 Å². The summed E-state index contributed by atoms with van der Waals surface area (Å²) in [6.07, 6.45) is 9.26. The molecule has 5 nitrogen and oxygen atoms in total. The van der Waals surface area contributed by atoms with E-state index in [-0.39, 0.29) is 0 Å². The van der Waals surface area contributed by atoms with Crippen molar-refractivity contribution >= 4 is 10.1 Å². The van der Waals surface area contributed by atoms with Gasteiger partial charge in [0.2, 0.25) is 6.33 Å². The van der Waals surface area contributed by atoms with E-state index in [4.69, 9.17) is 13.0 Å². The number of aromatic nitrogens is 2. The van der Waals surface area contributed by atoms with Crippen LogP contribution in [0.15, 0.2) is 49.1 Å². The Labute approximate surface area is 120 Å². The van der Waals surface area contributed by atoms with Crippen molar-refractivity contribution in [3.8, 4) is 0 Å². The fourth-order valence-corrected chi connectivity index (χ4v) is 1.74. The lowest BCUT2D eigenvalue weighted by Crippen LogP contribution is -2.23. The molecule has 0 saturated heterocycles. The predicted octanol–water partition coefficient (Wildman–Crippen LogP) is 1.11. The molecule has 0 aliphatic carbocycles. The average molecular weight is 296 g/mol. The summed E-state index contributed by atoms with van der Waals surface area (Å²) in [5.41, 5.74) is 1.43. The van der Waals surface area contributed by atoms with Gasteiger partial charge in [0.05, 0.1) is 23.7 Å². The van der Waals surface area contributed by atoms with Crippen LogP contribution in [0.25, 0.3) is 0 Å². The summed E-state index contributed by atoms with van der Waals surface area (Å²) in [6, 6.07) is 10.6. The van der Waals surface area contributed by atoms with Crippen LogP contribution >= 0.6 is 0 Å². The standard InChI is InChI=1S/C13H17N2.CH4O3S/c1-14-10-11-15(12-14)9-5-8-13-6-3-2-4-7-13;1-5(2,3)4/h2-4,6-7,10-12H,5,8-9H2,1H3;1H3,(H,2,3,4)/q+1;/p-1. The highest BCUT2D eigenvalue weighted by Crippen LogP contribution is 2.03. The molecule has 0 radical (unpaired) electrons. The minimum absolute atomic E-state index is 0.604. The van der Waals surface area contributed by atoms with Gasteiger partial charge in [-0.3, -0.25) is 0 Å². The zero-order valence-corrected chi connectivity index (χ0v) is 12.6. The molecule has 0 saturated carbocycles. The molecule has 1 aromatic heterocycles. The van der Waals surface area contributed by atoms with Gasteiger partial charge in [-0.1, -0.05) is 30.3 Å². The molecule has 2 rings (SSSR count). The lowest BCUT2D eigenvalue weighted by Gasteiger charge is -1.98. The molecule has 0 bridgehead atoms. The summed E-state index contributed by atoms with van der Waals surface area (Å²) in [5.74, 6) is 0. The minimum Gasteiger partial charge on any atom is -0.748 e. The lowest BCUT2D eigenvalue weighted by atomic mass is 10.1. The number of nitrogens with zero attached hydrogens (tertiary/aromatic N) is 2. The molecule has 0 unspecified atom stereocenters. The molecular formula is C14H20N2O3S. The van der Waals surface area contributed by atoms with E-state index >= 15 is 0 Å². The summed E-state index contributed by atoms with van der Waals surface area (Å²) >= 11 is 0. The third-order valence-corrected chi connectivity index (χ3v) is 2.55. The van der Waals surface area contributed by atoms with Gasteiger partial charge in [0, 0.05) is 6.26 Å². The molecule has 0 spiro atoms. The van der Waals surface area contributed by atoms with Crippen molar-refractivity contribution < 1.29 is 17.5 Å². The Balaban J connectivity index is 0.000000347. The van der Waals surface area contributed by atoms with E-state index in [1.54, 1.807) is 0 Å². The predicted molar refractivity (Wildman–Crippen MR) is 76.0 cm³/mol. The molecular weight excluding hydrogens is 276 g/mol. The Bertz CT molecular complexity index is 598. The van der Waals surface area contributed by atoms with Crippen LogP contribution in [0.2, 0.25) is 0 Å². The number of hydrogen-bond acceptors (Lipinski definition) is 3. The maximum Gasteiger partial charge on any atom is 0.243 e. The van der Waals surface area contributed by atoms with Crippen molar-refractivity contribution in [3.05, 3.63) is 54.6 Å². The van der Waals surface area contributed by atoms with Crippen molar-refractivity contribution in [2.75, 3.05) is 6.26 Å². The fourth-order valence-electron chi connectivity index (χ4n) is 1.74. The molecule has 110 valence electrons. The summed E-state index contributed by atoms with van der Waals surface area (Å²) in [4.78, 5) is 0. The van der Waals surface area contributed by atoms with Crippen LogP contribution in [0.1, 0.15) is 12.0 Å². The highest BCUT2D eigenvalue weighted by atomic mass is 32.2. The van der Waals surface area contributed by atoms with E-state index in [0.717, 1.165) is 13.0 Å². The van der Waals surface area contributed by atoms with Gasteiger partial charge in [-0.15, -0.1) is 0 Å². The van der Waals surface area contributed by atoms with E-state index in [1.165, 1.54) is 12.0 Å². The Hall–Kier alpha value is -1.66. The third-order valence-electron chi connectivity index (χ3n) is 2.55. The number of benzene rings is 1. The topological polar surface area (TPSA) is 66.0 Å². The molecule has 0 fully saturated rings. The zero-order chi connectivity index (χ0) is 15.0. The number of rotatable bonds is 4. The Morgan fingerprint density at radius 3 is 2.35 bits per heavy atom. The SMILES string of the molecule is CS(=O)(=O)[O-].C[n+]1ccn(CCCc2ccccc2)c1. The first-order chi connectivity index (χ1) is 9.34. The number of imidazole rings is 1. The van der Waals surface area contributed by atoms with Crippen LogP contribution in [0.3, 0.4) is 0 Å². The zero-order valence-electron chi connectivity index (χ0n) is 11.8. The maximum absolute atomic E-state index is 9.08. The molecule has 6 heteroatoms. The molecule has 2 aromatic rings. The van der Waals surface area contributed by atoms with Gasteiger partial charge in [0.15, 0.2) is 0 Å². The fraction of sp³-hybridized carbons (Fsp3) is 0.357. The molecule has 0 aliphatic heterocycles. The van der Waals surface area contributed by atoms with Crippen molar-refractivity contribution in [3.63, 3.8) is 0 Å². The molecule has 20 heavy (non-hydrogen) atoms. The van der Waals surface area contributed by atoms with Crippen molar-refractivity contribution in [2.24, 2.45) is 7.05 Å². The molecule has 1 aromatic carbocycles. The van der Waals surface area contributed by atoms with E-state index in [0.29, 0.717) is 6.26 Å². The Morgan fingerprint density at radius 1 is 1.25 bits per heavy atom. The van der Waals surface area contributed by atoms with Crippen LogP contribution in [0.5, 0.6) is 0 Å². The first-order valence-electron chi connectivity index (χ1n) is 6.30. The maximum atomic E-state index is 9.08. The third kappa shape index (κ3) is 8.44. The number of hydrogen-bond donors (Lipinski definition) is 0. The second kappa shape index (κ2) is 7.81. The molecule has 0 N–H and O–H groups in total. The average Bonchev–Trinajstić information content (AvgIpc) is 2.74. The van der Waals surface area contributed by atoms with Gasteiger partial charge in [-0.2, -0.15) is 0 Å². The summed E-state index contributed by atoms with van der Waals surface area (Å²) in [5, 5.41) is 0. The normalized spacial score (nSPS) is 10.8. The van der Waals surface area contributed by atoms with Gasteiger partial charge in [0.25, 0.3) is 0 Å². The van der Waals surface area contributed by atoms with Gasteiger partial charge in [-0.25, -0.2) is 17.6 Å². The van der Waals surface area contributed by atoms with Crippen molar-refractivity contribution in [2.45, 2.75) is 19.4 Å². The van der Waals surface area contributed by atoms with E-state index in [9.17, 15) is 0 Å². The summed E-state index contributed by atoms with van der Waals surface area (Å²) < 4.78 is 31.5. The van der Waals surface area contributed by atoms with Crippen molar-refractivity contribution in [1.29, 1.82) is 0 Å². The van der Waals surface area contributed by atoms with Gasteiger partial charge in [0.1, 0.15) is 12.4 Å². The van der Waals surface area contributed by atoms with Crippen LogP contribution in [-0.2, 0) is 30.1 Å². The number of aryl methyl sites for hydroxylation is 3. The minimum atomic E-state index is -3.92. The Morgan fingerprint density at radius 2 is 1.85 bits per heavy atom. The lowest BCUT2D eigenvalue weighted by molar-refractivity contribution is -0.671.